The normalized spacial score (nSPS) is 11.3. The molecule has 0 bridgehead atoms. The van der Waals surface area contributed by atoms with Crippen LogP contribution < -0.4 is 14.2 Å². The van der Waals surface area contributed by atoms with Gasteiger partial charge in [0.1, 0.15) is 12.4 Å². The minimum absolute atomic E-state index is 0.113. The van der Waals surface area contributed by atoms with Crippen LogP contribution in [0.25, 0.3) is 17.1 Å². The zero-order chi connectivity index (χ0) is 24.8. The van der Waals surface area contributed by atoms with Crippen molar-refractivity contribution in [1.29, 1.82) is 0 Å². The van der Waals surface area contributed by atoms with Crippen molar-refractivity contribution >= 4 is 27.3 Å². The molecule has 0 fully saturated rings. The molecule has 1 N–H and O–H groups in total. The molecule has 0 radical (unpaired) electrons. The number of anilines is 1. The fourth-order valence-electron chi connectivity index (χ4n) is 3.18. The number of methoxy groups -OCH3 is 2. The standard InChI is InChI=1S/C24H23ClN4O5S/c1-32-15-16-34-24-26-23(17-3-11-21(33-2)12-4-17)29(27-24)20-9-7-19(8-10-20)28-35(30,31)22-13-5-18(25)6-14-22/h3-14,28H,15-16H2,1-2H3. The van der Waals surface area contributed by atoms with Gasteiger partial charge in [-0.25, -0.2) is 13.1 Å². The highest BCUT2D eigenvalue weighted by molar-refractivity contribution is 7.92. The van der Waals surface area contributed by atoms with Crippen LogP contribution in [-0.2, 0) is 14.8 Å². The average molecular weight is 515 g/mol. The number of halogens is 1. The molecule has 0 unspecified atom stereocenters. The molecule has 0 spiro atoms. The second kappa shape index (κ2) is 10.8. The summed E-state index contributed by atoms with van der Waals surface area (Å²) in [7, 11) is -0.578. The summed E-state index contributed by atoms with van der Waals surface area (Å²) >= 11 is 5.86. The number of hydrogen-bond acceptors (Lipinski definition) is 7. The summed E-state index contributed by atoms with van der Waals surface area (Å²) in [6.07, 6.45) is 0. The van der Waals surface area contributed by atoms with Crippen LogP contribution in [-0.4, -0.2) is 50.6 Å². The Hall–Kier alpha value is -3.60. The van der Waals surface area contributed by atoms with Gasteiger partial charge in [0.25, 0.3) is 10.0 Å². The Morgan fingerprint density at radius 2 is 1.60 bits per heavy atom. The monoisotopic (exact) mass is 514 g/mol. The summed E-state index contributed by atoms with van der Waals surface area (Å²) in [6, 6.07) is 20.3. The number of benzene rings is 3. The van der Waals surface area contributed by atoms with E-state index in [0.29, 0.717) is 41.2 Å². The predicted molar refractivity (Wildman–Crippen MR) is 133 cm³/mol. The molecule has 35 heavy (non-hydrogen) atoms. The fourth-order valence-corrected chi connectivity index (χ4v) is 4.36. The maximum Gasteiger partial charge on any atom is 0.336 e. The van der Waals surface area contributed by atoms with Gasteiger partial charge < -0.3 is 14.2 Å². The number of nitrogens with one attached hydrogen (secondary N) is 1. The third-order valence-corrected chi connectivity index (χ3v) is 6.59. The lowest BCUT2D eigenvalue weighted by Gasteiger charge is -2.10. The Bertz CT molecular complexity index is 1370. The Kier molecular flexibility index (Phi) is 7.54. The number of sulfonamides is 1. The molecule has 9 nitrogen and oxygen atoms in total. The summed E-state index contributed by atoms with van der Waals surface area (Å²) in [6.45, 7) is 0.697. The average Bonchev–Trinajstić information content (AvgIpc) is 3.29. The molecule has 4 rings (SSSR count). The number of rotatable bonds is 10. The highest BCUT2D eigenvalue weighted by atomic mass is 35.5. The van der Waals surface area contributed by atoms with Crippen molar-refractivity contribution in [2.75, 3.05) is 32.2 Å². The first-order valence-corrected chi connectivity index (χ1v) is 12.4. The number of aromatic nitrogens is 3. The van der Waals surface area contributed by atoms with Gasteiger partial charge in [-0.3, -0.25) is 4.72 Å². The smallest absolute Gasteiger partial charge is 0.336 e. The first-order valence-electron chi connectivity index (χ1n) is 10.5. The third-order valence-electron chi connectivity index (χ3n) is 4.94. The molecule has 182 valence electrons. The van der Waals surface area contributed by atoms with E-state index in [9.17, 15) is 8.42 Å². The molecule has 3 aromatic carbocycles. The van der Waals surface area contributed by atoms with E-state index in [4.69, 9.17) is 25.8 Å². The molecule has 1 aromatic heterocycles. The fraction of sp³-hybridized carbons (Fsp3) is 0.167. The lowest BCUT2D eigenvalue weighted by atomic mass is 10.2. The lowest BCUT2D eigenvalue weighted by molar-refractivity contribution is 0.141. The molecule has 0 amide bonds. The van der Waals surface area contributed by atoms with E-state index < -0.39 is 10.0 Å². The SMILES string of the molecule is COCCOc1nc(-c2ccc(OC)cc2)n(-c2ccc(NS(=O)(=O)c3ccc(Cl)cc3)cc2)n1. The van der Waals surface area contributed by atoms with Crippen molar-refractivity contribution in [3.63, 3.8) is 0 Å². The van der Waals surface area contributed by atoms with Gasteiger partial charge in [0, 0.05) is 23.4 Å². The Balaban J connectivity index is 1.62. The van der Waals surface area contributed by atoms with Gasteiger partial charge in [-0.05, 0) is 72.8 Å². The molecule has 0 saturated carbocycles. The van der Waals surface area contributed by atoms with E-state index in [1.807, 2.05) is 24.3 Å². The summed E-state index contributed by atoms with van der Waals surface area (Å²) < 4.78 is 45.4. The molecule has 0 saturated heterocycles. The van der Waals surface area contributed by atoms with E-state index in [2.05, 4.69) is 14.8 Å². The van der Waals surface area contributed by atoms with Crippen LogP contribution in [0.5, 0.6) is 11.8 Å². The van der Waals surface area contributed by atoms with Crippen molar-refractivity contribution in [1.82, 2.24) is 14.8 Å². The van der Waals surface area contributed by atoms with E-state index in [1.54, 1.807) is 43.2 Å². The first-order chi connectivity index (χ1) is 16.9. The van der Waals surface area contributed by atoms with Crippen molar-refractivity contribution in [3.8, 4) is 28.8 Å². The second-order valence-electron chi connectivity index (χ2n) is 7.31. The maximum atomic E-state index is 12.7. The van der Waals surface area contributed by atoms with Gasteiger partial charge in [0.2, 0.25) is 0 Å². The summed E-state index contributed by atoms with van der Waals surface area (Å²) in [5, 5.41) is 4.93. The summed E-state index contributed by atoms with van der Waals surface area (Å²) in [4.78, 5) is 4.64. The van der Waals surface area contributed by atoms with Gasteiger partial charge in [0.15, 0.2) is 5.82 Å². The van der Waals surface area contributed by atoms with Gasteiger partial charge in [-0.2, -0.15) is 4.98 Å². The lowest BCUT2D eigenvalue weighted by Crippen LogP contribution is -2.12. The van der Waals surface area contributed by atoms with Gasteiger partial charge in [-0.1, -0.05) is 11.6 Å². The van der Waals surface area contributed by atoms with Crippen molar-refractivity contribution in [2.45, 2.75) is 4.90 Å². The Morgan fingerprint density at radius 1 is 0.914 bits per heavy atom. The van der Waals surface area contributed by atoms with Crippen LogP contribution in [0.15, 0.2) is 77.7 Å². The Morgan fingerprint density at radius 3 is 2.23 bits per heavy atom. The zero-order valence-electron chi connectivity index (χ0n) is 19.0. The van der Waals surface area contributed by atoms with E-state index in [-0.39, 0.29) is 10.9 Å². The maximum absolute atomic E-state index is 12.7. The molecule has 4 aromatic rings. The van der Waals surface area contributed by atoms with Gasteiger partial charge in [-0.15, -0.1) is 5.10 Å². The van der Waals surface area contributed by atoms with Crippen LogP contribution in [0, 0.1) is 0 Å². The second-order valence-corrected chi connectivity index (χ2v) is 9.42. The largest absolute Gasteiger partial charge is 0.497 e. The minimum Gasteiger partial charge on any atom is -0.497 e. The van der Waals surface area contributed by atoms with Crippen LogP contribution in [0.2, 0.25) is 5.02 Å². The van der Waals surface area contributed by atoms with E-state index in [1.165, 1.54) is 24.3 Å². The first kappa shape index (κ1) is 24.5. The quantitative estimate of drug-likeness (QED) is 0.312. The van der Waals surface area contributed by atoms with Crippen LogP contribution >= 0.6 is 11.6 Å². The van der Waals surface area contributed by atoms with Crippen molar-refractivity contribution in [2.24, 2.45) is 0 Å². The van der Waals surface area contributed by atoms with E-state index >= 15 is 0 Å². The molecule has 1 heterocycles. The van der Waals surface area contributed by atoms with Gasteiger partial charge >= 0.3 is 6.01 Å². The van der Waals surface area contributed by atoms with Crippen LogP contribution in [0.3, 0.4) is 0 Å². The molecular weight excluding hydrogens is 492 g/mol. The molecule has 0 atom stereocenters. The molecule has 0 aliphatic heterocycles. The van der Waals surface area contributed by atoms with Crippen LogP contribution in [0.4, 0.5) is 5.69 Å². The van der Waals surface area contributed by atoms with Crippen LogP contribution in [0.1, 0.15) is 0 Å². The highest BCUT2D eigenvalue weighted by Gasteiger charge is 2.17. The third kappa shape index (κ3) is 5.91. The summed E-state index contributed by atoms with van der Waals surface area (Å²) in [5.41, 5.74) is 1.86. The number of hydrogen-bond donors (Lipinski definition) is 1. The van der Waals surface area contributed by atoms with Crippen molar-refractivity contribution < 1.29 is 22.6 Å². The van der Waals surface area contributed by atoms with Gasteiger partial charge in [0.05, 0.1) is 24.3 Å². The molecule has 11 heteroatoms. The van der Waals surface area contributed by atoms with Crippen molar-refractivity contribution in [3.05, 3.63) is 77.8 Å². The molecule has 0 aliphatic rings. The highest BCUT2D eigenvalue weighted by Crippen LogP contribution is 2.27. The number of nitrogens with zero attached hydrogens (tertiary/aromatic N) is 3. The molecule has 0 aliphatic carbocycles. The number of ether oxygens (including phenoxy) is 3. The Labute approximate surface area is 208 Å². The molecular formula is C24H23ClN4O5S. The summed E-state index contributed by atoms with van der Waals surface area (Å²) in [5.74, 6) is 1.27. The predicted octanol–water partition coefficient (Wildman–Crippen LogP) is 4.42. The van der Waals surface area contributed by atoms with E-state index in [0.717, 1.165) is 5.56 Å². The minimum atomic E-state index is -3.76. The topological polar surface area (TPSA) is 105 Å². The zero-order valence-corrected chi connectivity index (χ0v) is 20.6.